The van der Waals surface area contributed by atoms with E-state index in [1.54, 1.807) is 6.92 Å². The van der Waals surface area contributed by atoms with Crippen LogP contribution in [0.1, 0.15) is 12.5 Å². The first kappa shape index (κ1) is 12.0. The van der Waals surface area contributed by atoms with Gasteiger partial charge in [0.15, 0.2) is 11.6 Å². The standard InChI is InChI=1S/C10H10BrFO3/c1-5(10(14)15)2-6-3-7(11)9(13)8(12)4-6/h3-5,13H,2H2,1H3,(H,14,15). The molecule has 15 heavy (non-hydrogen) atoms. The molecule has 0 aliphatic heterocycles. The highest BCUT2D eigenvalue weighted by Gasteiger charge is 2.14. The minimum absolute atomic E-state index is 0.227. The fourth-order valence-electron chi connectivity index (χ4n) is 1.18. The van der Waals surface area contributed by atoms with E-state index in [0.717, 1.165) is 6.07 Å². The van der Waals surface area contributed by atoms with E-state index in [2.05, 4.69) is 15.9 Å². The molecule has 1 aromatic carbocycles. The van der Waals surface area contributed by atoms with Crippen molar-refractivity contribution in [3.8, 4) is 5.75 Å². The summed E-state index contributed by atoms with van der Waals surface area (Å²) in [5, 5.41) is 17.8. The van der Waals surface area contributed by atoms with Gasteiger partial charge in [-0.15, -0.1) is 0 Å². The quantitative estimate of drug-likeness (QED) is 0.892. The van der Waals surface area contributed by atoms with Gasteiger partial charge in [0.05, 0.1) is 10.4 Å². The fourth-order valence-corrected chi connectivity index (χ4v) is 1.66. The van der Waals surface area contributed by atoms with E-state index < -0.39 is 23.5 Å². The third kappa shape index (κ3) is 2.92. The number of aliphatic carboxylic acids is 1. The number of carbonyl (C=O) groups is 1. The zero-order valence-corrected chi connectivity index (χ0v) is 9.58. The van der Waals surface area contributed by atoms with Crippen molar-refractivity contribution in [2.45, 2.75) is 13.3 Å². The van der Waals surface area contributed by atoms with Gasteiger partial charge in [0, 0.05) is 0 Å². The lowest BCUT2D eigenvalue weighted by Crippen LogP contribution is -2.12. The Morgan fingerprint density at radius 3 is 2.67 bits per heavy atom. The minimum Gasteiger partial charge on any atom is -0.504 e. The second-order valence-electron chi connectivity index (χ2n) is 3.35. The zero-order chi connectivity index (χ0) is 11.6. The molecule has 1 unspecified atom stereocenters. The molecule has 0 aliphatic carbocycles. The molecule has 0 radical (unpaired) electrons. The van der Waals surface area contributed by atoms with Crippen LogP contribution in [-0.2, 0) is 11.2 Å². The first-order valence-electron chi connectivity index (χ1n) is 4.31. The van der Waals surface area contributed by atoms with Gasteiger partial charge in [-0.25, -0.2) is 4.39 Å². The molecule has 0 amide bonds. The largest absolute Gasteiger partial charge is 0.504 e. The van der Waals surface area contributed by atoms with Gasteiger partial charge in [0.2, 0.25) is 0 Å². The number of phenols is 1. The van der Waals surface area contributed by atoms with Crippen LogP contribution in [0.15, 0.2) is 16.6 Å². The molecule has 82 valence electrons. The van der Waals surface area contributed by atoms with Crippen molar-refractivity contribution in [2.75, 3.05) is 0 Å². The minimum atomic E-state index is -0.931. The van der Waals surface area contributed by atoms with Crippen molar-refractivity contribution in [1.29, 1.82) is 0 Å². The van der Waals surface area contributed by atoms with E-state index >= 15 is 0 Å². The summed E-state index contributed by atoms with van der Waals surface area (Å²) >= 11 is 2.99. The van der Waals surface area contributed by atoms with Crippen molar-refractivity contribution in [3.63, 3.8) is 0 Å². The molecular weight excluding hydrogens is 267 g/mol. The molecule has 1 aromatic rings. The van der Waals surface area contributed by atoms with Crippen LogP contribution in [0.25, 0.3) is 0 Å². The Hall–Kier alpha value is -1.10. The summed E-state index contributed by atoms with van der Waals surface area (Å²) in [7, 11) is 0. The molecule has 0 bridgehead atoms. The van der Waals surface area contributed by atoms with Gasteiger partial charge in [-0.05, 0) is 40.0 Å². The van der Waals surface area contributed by atoms with Crippen LogP contribution in [0.5, 0.6) is 5.75 Å². The van der Waals surface area contributed by atoms with E-state index in [1.165, 1.54) is 6.07 Å². The average molecular weight is 277 g/mol. The third-order valence-electron chi connectivity index (χ3n) is 2.04. The van der Waals surface area contributed by atoms with Crippen LogP contribution >= 0.6 is 15.9 Å². The van der Waals surface area contributed by atoms with E-state index in [1.807, 2.05) is 0 Å². The Kier molecular flexibility index (Phi) is 3.68. The van der Waals surface area contributed by atoms with Crippen LogP contribution in [0.3, 0.4) is 0 Å². The summed E-state index contributed by atoms with van der Waals surface area (Å²) < 4.78 is 13.3. The maximum absolute atomic E-state index is 13.1. The normalized spacial score (nSPS) is 12.5. The summed E-state index contributed by atoms with van der Waals surface area (Å²) in [5.41, 5.74) is 0.534. The molecule has 0 saturated heterocycles. The van der Waals surface area contributed by atoms with Gasteiger partial charge in [-0.2, -0.15) is 0 Å². The van der Waals surface area contributed by atoms with Crippen LogP contribution in [0, 0.1) is 11.7 Å². The van der Waals surface area contributed by atoms with E-state index in [-0.39, 0.29) is 10.9 Å². The summed E-state index contributed by atoms with van der Waals surface area (Å²) in [6, 6.07) is 2.65. The van der Waals surface area contributed by atoms with Crippen molar-refractivity contribution < 1.29 is 19.4 Å². The van der Waals surface area contributed by atoms with Gasteiger partial charge in [-0.1, -0.05) is 6.92 Å². The highest BCUT2D eigenvalue weighted by atomic mass is 79.9. The van der Waals surface area contributed by atoms with Crippen LogP contribution in [-0.4, -0.2) is 16.2 Å². The Bertz CT molecular complexity index is 369. The van der Waals surface area contributed by atoms with Crippen molar-refractivity contribution in [3.05, 3.63) is 28.0 Å². The average Bonchev–Trinajstić information content (AvgIpc) is 2.13. The molecule has 0 spiro atoms. The number of halogens is 2. The number of hydrogen-bond acceptors (Lipinski definition) is 2. The van der Waals surface area contributed by atoms with Gasteiger partial charge >= 0.3 is 5.97 Å². The molecule has 5 heteroatoms. The summed E-state index contributed by atoms with van der Waals surface area (Å²) in [6.07, 6.45) is 0.227. The molecule has 0 aliphatic rings. The van der Waals surface area contributed by atoms with Crippen LogP contribution < -0.4 is 0 Å². The molecule has 0 heterocycles. The molecule has 0 fully saturated rings. The lowest BCUT2D eigenvalue weighted by Gasteiger charge is -2.08. The smallest absolute Gasteiger partial charge is 0.306 e. The monoisotopic (exact) mass is 276 g/mol. The Labute approximate surface area is 94.7 Å². The second kappa shape index (κ2) is 4.61. The van der Waals surface area contributed by atoms with Gasteiger partial charge in [0.1, 0.15) is 0 Å². The van der Waals surface area contributed by atoms with Gasteiger partial charge < -0.3 is 10.2 Å². The van der Waals surface area contributed by atoms with E-state index in [4.69, 9.17) is 10.2 Å². The predicted molar refractivity (Wildman–Crippen MR) is 56.3 cm³/mol. The number of carboxylic acids is 1. The van der Waals surface area contributed by atoms with Crippen LogP contribution in [0.4, 0.5) is 4.39 Å². The lowest BCUT2D eigenvalue weighted by atomic mass is 10.0. The molecule has 0 saturated carbocycles. The maximum Gasteiger partial charge on any atom is 0.306 e. The zero-order valence-electron chi connectivity index (χ0n) is 8.00. The number of aromatic hydroxyl groups is 1. The molecular formula is C10H10BrFO3. The van der Waals surface area contributed by atoms with E-state index in [9.17, 15) is 9.18 Å². The fraction of sp³-hybridized carbons (Fsp3) is 0.300. The summed E-state index contributed by atoms with van der Waals surface area (Å²) in [4.78, 5) is 10.6. The maximum atomic E-state index is 13.1. The summed E-state index contributed by atoms with van der Waals surface area (Å²) in [5.74, 6) is -2.72. The third-order valence-corrected chi connectivity index (χ3v) is 2.64. The van der Waals surface area contributed by atoms with Gasteiger partial charge in [0.25, 0.3) is 0 Å². The highest BCUT2D eigenvalue weighted by molar-refractivity contribution is 9.10. The van der Waals surface area contributed by atoms with Crippen molar-refractivity contribution in [1.82, 2.24) is 0 Å². The number of hydrogen-bond donors (Lipinski definition) is 2. The Morgan fingerprint density at radius 2 is 2.20 bits per heavy atom. The van der Waals surface area contributed by atoms with Crippen molar-refractivity contribution >= 4 is 21.9 Å². The van der Waals surface area contributed by atoms with Crippen LogP contribution in [0.2, 0.25) is 0 Å². The highest BCUT2D eigenvalue weighted by Crippen LogP contribution is 2.28. The SMILES string of the molecule is CC(Cc1cc(F)c(O)c(Br)c1)C(=O)O. The predicted octanol–water partition coefficient (Wildman–Crippen LogP) is 2.56. The second-order valence-corrected chi connectivity index (χ2v) is 4.21. The first-order chi connectivity index (χ1) is 6.91. The molecule has 1 rings (SSSR count). The Balaban J connectivity index is 2.92. The molecule has 3 nitrogen and oxygen atoms in total. The molecule has 0 aromatic heterocycles. The number of phenolic OH excluding ortho intramolecular Hbond substituents is 1. The number of carboxylic acid groups (broad SMARTS) is 1. The number of rotatable bonds is 3. The number of benzene rings is 1. The topological polar surface area (TPSA) is 57.5 Å². The van der Waals surface area contributed by atoms with E-state index in [0.29, 0.717) is 5.56 Å². The first-order valence-corrected chi connectivity index (χ1v) is 5.10. The molecule has 2 N–H and O–H groups in total. The van der Waals surface area contributed by atoms with Crippen molar-refractivity contribution in [2.24, 2.45) is 5.92 Å². The summed E-state index contributed by atoms with van der Waals surface area (Å²) in [6.45, 7) is 1.54. The molecule has 1 atom stereocenters. The van der Waals surface area contributed by atoms with Gasteiger partial charge in [-0.3, -0.25) is 4.79 Å². The lowest BCUT2D eigenvalue weighted by molar-refractivity contribution is -0.141. The Morgan fingerprint density at radius 1 is 1.60 bits per heavy atom.